The Hall–Kier alpha value is -1.61. The van der Waals surface area contributed by atoms with Gasteiger partial charge in [-0.15, -0.1) is 0 Å². The fourth-order valence-electron chi connectivity index (χ4n) is 1.44. The molecule has 5 nitrogen and oxygen atoms in total. The number of benzene rings is 1. The van der Waals surface area contributed by atoms with Crippen LogP contribution in [-0.2, 0) is 25.5 Å². The maximum Gasteiger partial charge on any atom is 0.416 e. The number of sulfone groups is 1. The minimum Gasteiger partial charge on any atom is -0.480 e. The molecular weight excluding hydrogens is 301 g/mol. The van der Waals surface area contributed by atoms with Crippen molar-refractivity contribution >= 4 is 15.8 Å². The number of rotatable bonds is 5. The van der Waals surface area contributed by atoms with Gasteiger partial charge in [-0.25, -0.2) is 8.42 Å². The van der Waals surface area contributed by atoms with Crippen molar-refractivity contribution < 1.29 is 36.2 Å². The van der Waals surface area contributed by atoms with E-state index in [0.29, 0.717) is 12.1 Å². The summed E-state index contributed by atoms with van der Waals surface area (Å²) < 4.78 is 65.6. The molecular formula is C11H11F3O5S. The molecule has 0 aromatic heterocycles. The molecule has 0 fully saturated rings. The van der Waals surface area contributed by atoms with Gasteiger partial charge in [-0.2, -0.15) is 13.2 Å². The molecule has 0 heterocycles. The Morgan fingerprint density at radius 1 is 1.30 bits per heavy atom. The van der Waals surface area contributed by atoms with Crippen LogP contribution < -0.4 is 0 Å². The third kappa shape index (κ3) is 3.48. The molecule has 0 aliphatic carbocycles. The number of carbonyl (C=O) groups is 1. The zero-order chi connectivity index (χ0) is 15.6. The average Bonchev–Trinajstić information content (AvgIpc) is 2.34. The van der Waals surface area contributed by atoms with E-state index in [0.717, 1.165) is 19.2 Å². The van der Waals surface area contributed by atoms with E-state index in [1.807, 2.05) is 0 Å². The SMILES string of the molecule is COCC(C(=O)O)S(=O)(=O)c1ccc(C(F)(F)F)cc1. The maximum absolute atomic E-state index is 12.4. The minimum absolute atomic E-state index is 0.505. The molecule has 1 rings (SSSR count). The zero-order valence-corrected chi connectivity index (χ0v) is 11.0. The van der Waals surface area contributed by atoms with Crippen molar-refractivity contribution in [2.45, 2.75) is 16.3 Å². The van der Waals surface area contributed by atoms with Gasteiger partial charge < -0.3 is 9.84 Å². The van der Waals surface area contributed by atoms with E-state index < -0.39 is 44.3 Å². The lowest BCUT2D eigenvalue weighted by molar-refractivity contribution is -0.138. The molecule has 0 bridgehead atoms. The highest BCUT2D eigenvalue weighted by Gasteiger charge is 2.35. The maximum atomic E-state index is 12.4. The van der Waals surface area contributed by atoms with Crippen molar-refractivity contribution in [3.8, 4) is 0 Å². The molecule has 0 saturated heterocycles. The molecule has 20 heavy (non-hydrogen) atoms. The van der Waals surface area contributed by atoms with Crippen molar-refractivity contribution in [3.63, 3.8) is 0 Å². The third-order valence-electron chi connectivity index (χ3n) is 2.48. The number of alkyl halides is 3. The van der Waals surface area contributed by atoms with Gasteiger partial charge in [0.2, 0.25) is 0 Å². The number of methoxy groups -OCH3 is 1. The highest BCUT2D eigenvalue weighted by Crippen LogP contribution is 2.30. The van der Waals surface area contributed by atoms with E-state index in [1.54, 1.807) is 0 Å². The molecule has 0 spiro atoms. The van der Waals surface area contributed by atoms with Gasteiger partial charge >= 0.3 is 12.1 Å². The van der Waals surface area contributed by atoms with Gasteiger partial charge in [0.25, 0.3) is 0 Å². The van der Waals surface area contributed by atoms with Crippen molar-refractivity contribution in [2.75, 3.05) is 13.7 Å². The van der Waals surface area contributed by atoms with Gasteiger partial charge in [-0.05, 0) is 24.3 Å². The van der Waals surface area contributed by atoms with Gasteiger partial charge in [-0.1, -0.05) is 0 Å². The molecule has 1 aromatic rings. The molecule has 0 radical (unpaired) electrons. The molecule has 1 unspecified atom stereocenters. The topological polar surface area (TPSA) is 80.7 Å². The van der Waals surface area contributed by atoms with Gasteiger partial charge in [0.05, 0.1) is 17.1 Å². The fraction of sp³-hybridized carbons (Fsp3) is 0.364. The lowest BCUT2D eigenvalue weighted by Gasteiger charge is -2.13. The lowest BCUT2D eigenvalue weighted by atomic mass is 10.2. The Bertz CT molecular complexity index is 577. The van der Waals surface area contributed by atoms with Crippen LogP contribution in [0.15, 0.2) is 29.2 Å². The Morgan fingerprint density at radius 3 is 2.15 bits per heavy atom. The summed E-state index contributed by atoms with van der Waals surface area (Å²) in [4.78, 5) is 10.4. The van der Waals surface area contributed by atoms with Crippen LogP contribution in [0.4, 0.5) is 13.2 Å². The van der Waals surface area contributed by atoms with Gasteiger partial charge in [0, 0.05) is 7.11 Å². The molecule has 1 atom stereocenters. The van der Waals surface area contributed by atoms with Crippen LogP contribution in [0.1, 0.15) is 5.56 Å². The second kappa shape index (κ2) is 5.80. The number of hydrogen-bond donors (Lipinski definition) is 1. The Balaban J connectivity index is 3.19. The van der Waals surface area contributed by atoms with Crippen LogP contribution in [-0.4, -0.2) is 38.5 Å². The summed E-state index contributed by atoms with van der Waals surface area (Å²) in [6, 6.07) is 2.62. The summed E-state index contributed by atoms with van der Waals surface area (Å²) in [7, 11) is -3.19. The number of ether oxygens (including phenoxy) is 1. The van der Waals surface area contributed by atoms with Crippen molar-refractivity contribution in [2.24, 2.45) is 0 Å². The molecule has 1 N–H and O–H groups in total. The summed E-state index contributed by atoms with van der Waals surface area (Å²) in [6.45, 7) is -0.599. The smallest absolute Gasteiger partial charge is 0.416 e. The van der Waals surface area contributed by atoms with Crippen LogP contribution in [0, 0.1) is 0 Å². The van der Waals surface area contributed by atoms with E-state index in [4.69, 9.17) is 5.11 Å². The normalized spacial score (nSPS) is 14.0. The van der Waals surface area contributed by atoms with E-state index in [1.165, 1.54) is 0 Å². The first-order chi connectivity index (χ1) is 9.10. The van der Waals surface area contributed by atoms with Crippen LogP contribution >= 0.6 is 0 Å². The Labute approximate surface area is 112 Å². The van der Waals surface area contributed by atoms with Crippen LogP contribution in [0.3, 0.4) is 0 Å². The molecule has 9 heteroatoms. The number of carboxylic acid groups (broad SMARTS) is 1. The second-order valence-corrected chi connectivity index (χ2v) is 5.98. The van der Waals surface area contributed by atoms with Gasteiger partial charge in [-0.3, -0.25) is 4.79 Å². The first kappa shape index (κ1) is 16.4. The predicted molar refractivity (Wildman–Crippen MR) is 61.9 cm³/mol. The highest BCUT2D eigenvalue weighted by molar-refractivity contribution is 7.92. The Morgan fingerprint density at radius 2 is 1.80 bits per heavy atom. The predicted octanol–water partition coefficient (Wildman–Crippen LogP) is 1.58. The molecule has 0 saturated carbocycles. The second-order valence-electron chi connectivity index (χ2n) is 3.85. The van der Waals surface area contributed by atoms with Crippen molar-refractivity contribution in [3.05, 3.63) is 29.8 Å². The number of hydrogen-bond acceptors (Lipinski definition) is 4. The van der Waals surface area contributed by atoms with Crippen LogP contribution in [0.25, 0.3) is 0 Å². The first-order valence-electron chi connectivity index (χ1n) is 5.23. The number of halogens is 3. The van der Waals surface area contributed by atoms with E-state index >= 15 is 0 Å². The van der Waals surface area contributed by atoms with Crippen LogP contribution in [0.2, 0.25) is 0 Å². The molecule has 0 amide bonds. The fourth-order valence-corrected chi connectivity index (χ4v) is 2.87. The van der Waals surface area contributed by atoms with Gasteiger partial charge in [0.1, 0.15) is 0 Å². The first-order valence-corrected chi connectivity index (χ1v) is 6.78. The largest absolute Gasteiger partial charge is 0.480 e. The highest BCUT2D eigenvalue weighted by atomic mass is 32.2. The zero-order valence-electron chi connectivity index (χ0n) is 10.2. The van der Waals surface area contributed by atoms with Gasteiger partial charge in [0.15, 0.2) is 15.1 Å². The molecule has 112 valence electrons. The van der Waals surface area contributed by atoms with E-state index in [-0.39, 0.29) is 0 Å². The average molecular weight is 312 g/mol. The van der Waals surface area contributed by atoms with Crippen molar-refractivity contribution in [1.82, 2.24) is 0 Å². The summed E-state index contributed by atoms with van der Waals surface area (Å²) in [5.41, 5.74) is -1.02. The quantitative estimate of drug-likeness (QED) is 0.893. The summed E-state index contributed by atoms with van der Waals surface area (Å²) in [5.74, 6) is -1.63. The molecule has 0 aliphatic heterocycles. The molecule has 1 aromatic carbocycles. The Kier molecular flexibility index (Phi) is 4.77. The lowest BCUT2D eigenvalue weighted by Crippen LogP contribution is -2.34. The summed E-state index contributed by atoms with van der Waals surface area (Å²) in [6.07, 6.45) is -4.60. The minimum atomic E-state index is -4.60. The molecule has 0 aliphatic rings. The third-order valence-corrected chi connectivity index (χ3v) is 4.49. The number of carboxylic acids is 1. The standard InChI is InChI=1S/C11H11F3O5S/c1-19-6-9(10(15)16)20(17,18)8-4-2-7(3-5-8)11(12,13)14/h2-5,9H,6H2,1H3,(H,15,16). The summed E-state index contributed by atoms with van der Waals surface area (Å²) in [5, 5.41) is 6.97. The monoisotopic (exact) mass is 312 g/mol. The summed E-state index contributed by atoms with van der Waals surface area (Å²) >= 11 is 0. The van der Waals surface area contributed by atoms with E-state index in [9.17, 15) is 26.4 Å². The van der Waals surface area contributed by atoms with E-state index in [2.05, 4.69) is 4.74 Å². The van der Waals surface area contributed by atoms with Crippen molar-refractivity contribution in [1.29, 1.82) is 0 Å². The number of aliphatic carboxylic acids is 1. The van der Waals surface area contributed by atoms with Crippen LogP contribution in [0.5, 0.6) is 0 Å².